The smallest absolute Gasteiger partial charge is 0.214 e. The number of rotatable bonds is 3. The molecule has 0 radical (unpaired) electrons. The topological polar surface area (TPSA) is 51.2 Å². The lowest BCUT2D eigenvalue weighted by atomic mass is 10.00. The highest BCUT2D eigenvalue weighted by Gasteiger charge is 2.29. The third-order valence-electron chi connectivity index (χ3n) is 5.12. The SMILES string of the molecule is Cn1nccc1C1CCCCN1c1nn2cc(-c3ccc(Cl)cc3)nc2s1. The Labute approximate surface area is 166 Å². The molecule has 0 amide bonds. The normalized spacial score (nSPS) is 17.7. The Hall–Kier alpha value is -2.38. The van der Waals surface area contributed by atoms with Crippen LogP contribution in [0.4, 0.5) is 5.13 Å². The van der Waals surface area contributed by atoms with Crippen molar-refractivity contribution >= 4 is 33.0 Å². The lowest BCUT2D eigenvalue weighted by Crippen LogP contribution is -2.34. The van der Waals surface area contributed by atoms with Gasteiger partial charge >= 0.3 is 0 Å². The molecule has 27 heavy (non-hydrogen) atoms. The lowest BCUT2D eigenvalue weighted by molar-refractivity contribution is 0.448. The van der Waals surface area contributed by atoms with Crippen LogP contribution >= 0.6 is 22.9 Å². The van der Waals surface area contributed by atoms with Gasteiger partial charge in [-0.05, 0) is 37.5 Å². The molecule has 0 spiro atoms. The molecule has 1 aromatic carbocycles. The van der Waals surface area contributed by atoms with Gasteiger partial charge in [0.05, 0.1) is 23.6 Å². The second-order valence-electron chi connectivity index (χ2n) is 6.83. The van der Waals surface area contributed by atoms with Crippen LogP contribution in [0.2, 0.25) is 5.02 Å². The van der Waals surface area contributed by atoms with Gasteiger partial charge in [0.15, 0.2) is 0 Å². The number of aryl methyl sites for hydroxylation is 1. The van der Waals surface area contributed by atoms with Crippen LogP contribution < -0.4 is 4.90 Å². The largest absolute Gasteiger partial charge is 0.338 e. The van der Waals surface area contributed by atoms with E-state index in [1.807, 2.05) is 52.9 Å². The molecule has 1 atom stereocenters. The van der Waals surface area contributed by atoms with Crippen molar-refractivity contribution in [2.45, 2.75) is 25.3 Å². The first kappa shape index (κ1) is 16.8. The number of halogens is 1. The van der Waals surface area contributed by atoms with Gasteiger partial charge in [-0.3, -0.25) is 4.68 Å². The first-order valence-corrected chi connectivity index (χ1v) is 10.3. The average Bonchev–Trinajstić information content (AvgIpc) is 3.37. The van der Waals surface area contributed by atoms with Crippen LogP contribution in [0.15, 0.2) is 42.7 Å². The van der Waals surface area contributed by atoms with Gasteiger partial charge in [0.2, 0.25) is 10.1 Å². The number of aromatic nitrogens is 5. The fraction of sp³-hybridized carbons (Fsp3) is 0.316. The van der Waals surface area contributed by atoms with E-state index in [2.05, 4.69) is 16.1 Å². The Kier molecular flexibility index (Phi) is 4.13. The van der Waals surface area contributed by atoms with Gasteiger partial charge in [-0.25, -0.2) is 9.50 Å². The highest BCUT2D eigenvalue weighted by molar-refractivity contribution is 7.20. The van der Waals surface area contributed by atoms with Gasteiger partial charge in [-0.1, -0.05) is 35.1 Å². The molecule has 1 unspecified atom stereocenters. The van der Waals surface area contributed by atoms with E-state index >= 15 is 0 Å². The molecule has 1 aliphatic heterocycles. The molecule has 5 rings (SSSR count). The minimum atomic E-state index is 0.317. The van der Waals surface area contributed by atoms with E-state index in [0.29, 0.717) is 6.04 Å². The minimum absolute atomic E-state index is 0.317. The molecule has 138 valence electrons. The van der Waals surface area contributed by atoms with Crippen molar-refractivity contribution in [3.63, 3.8) is 0 Å². The molecular formula is C19H19ClN6S. The van der Waals surface area contributed by atoms with E-state index in [9.17, 15) is 0 Å². The third kappa shape index (κ3) is 3.00. The summed E-state index contributed by atoms with van der Waals surface area (Å²) in [6.45, 7) is 1.01. The predicted molar refractivity (Wildman–Crippen MR) is 108 cm³/mol. The predicted octanol–water partition coefficient (Wildman–Crippen LogP) is 4.58. The van der Waals surface area contributed by atoms with E-state index < -0.39 is 0 Å². The maximum atomic E-state index is 5.98. The Bertz CT molecular complexity index is 1050. The summed E-state index contributed by atoms with van der Waals surface area (Å²) in [5, 5.41) is 10.9. The van der Waals surface area contributed by atoms with E-state index in [0.717, 1.165) is 39.3 Å². The molecule has 4 heterocycles. The molecule has 1 fully saturated rings. The van der Waals surface area contributed by atoms with Gasteiger partial charge in [-0.15, -0.1) is 5.10 Å². The molecule has 1 saturated heterocycles. The monoisotopic (exact) mass is 398 g/mol. The van der Waals surface area contributed by atoms with Crippen LogP contribution in [0.3, 0.4) is 0 Å². The van der Waals surface area contributed by atoms with Crippen LogP contribution in [0.5, 0.6) is 0 Å². The number of imidazole rings is 1. The quantitative estimate of drug-likeness (QED) is 0.507. The van der Waals surface area contributed by atoms with Crippen LogP contribution in [-0.4, -0.2) is 30.9 Å². The van der Waals surface area contributed by atoms with E-state index in [-0.39, 0.29) is 0 Å². The van der Waals surface area contributed by atoms with Crippen molar-refractivity contribution in [1.29, 1.82) is 0 Å². The Morgan fingerprint density at radius 3 is 2.74 bits per heavy atom. The fourth-order valence-corrected chi connectivity index (χ4v) is 4.83. The summed E-state index contributed by atoms with van der Waals surface area (Å²) in [5.74, 6) is 0. The summed E-state index contributed by atoms with van der Waals surface area (Å²) in [7, 11) is 2.01. The zero-order valence-electron chi connectivity index (χ0n) is 14.9. The van der Waals surface area contributed by atoms with Gasteiger partial charge in [0, 0.05) is 30.4 Å². The fourth-order valence-electron chi connectivity index (χ4n) is 3.74. The summed E-state index contributed by atoms with van der Waals surface area (Å²) in [6, 6.07) is 10.2. The van der Waals surface area contributed by atoms with Crippen molar-refractivity contribution in [2.24, 2.45) is 7.05 Å². The van der Waals surface area contributed by atoms with E-state index in [4.69, 9.17) is 21.7 Å². The third-order valence-corrected chi connectivity index (χ3v) is 6.33. The number of hydrogen-bond acceptors (Lipinski definition) is 5. The van der Waals surface area contributed by atoms with Crippen molar-refractivity contribution in [3.05, 3.63) is 53.4 Å². The van der Waals surface area contributed by atoms with Crippen molar-refractivity contribution < 1.29 is 0 Å². The maximum absolute atomic E-state index is 5.98. The maximum Gasteiger partial charge on any atom is 0.214 e. The first-order chi connectivity index (χ1) is 13.2. The molecular weight excluding hydrogens is 380 g/mol. The molecule has 0 saturated carbocycles. The lowest BCUT2D eigenvalue weighted by Gasteiger charge is -2.35. The van der Waals surface area contributed by atoms with Crippen molar-refractivity contribution in [3.8, 4) is 11.3 Å². The highest BCUT2D eigenvalue weighted by atomic mass is 35.5. The van der Waals surface area contributed by atoms with Crippen LogP contribution in [0.25, 0.3) is 16.2 Å². The van der Waals surface area contributed by atoms with Gasteiger partial charge in [0.1, 0.15) is 0 Å². The van der Waals surface area contributed by atoms with E-state index in [1.165, 1.54) is 18.5 Å². The Balaban J connectivity index is 1.48. The highest BCUT2D eigenvalue weighted by Crippen LogP contribution is 2.37. The number of benzene rings is 1. The summed E-state index contributed by atoms with van der Waals surface area (Å²) in [6.07, 6.45) is 7.40. The second kappa shape index (κ2) is 6.65. The molecule has 8 heteroatoms. The summed E-state index contributed by atoms with van der Waals surface area (Å²) >= 11 is 7.62. The molecule has 6 nitrogen and oxygen atoms in total. The van der Waals surface area contributed by atoms with Crippen molar-refractivity contribution in [2.75, 3.05) is 11.4 Å². The molecule has 0 N–H and O–H groups in total. The van der Waals surface area contributed by atoms with Gasteiger partial charge < -0.3 is 4.90 Å². The van der Waals surface area contributed by atoms with Gasteiger partial charge in [0.25, 0.3) is 0 Å². The van der Waals surface area contributed by atoms with E-state index in [1.54, 1.807) is 11.3 Å². The molecule has 3 aromatic heterocycles. The molecule has 1 aliphatic rings. The molecule has 0 aliphatic carbocycles. The number of fused-ring (bicyclic) bond motifs is 1. The Morgan fingerprint density at radius 1 is 1.15 bits per heavy atom. The molecule has 4 aromatic rings. The average molecular weight is 399 g/mol. The van der Waals surface area contributed by atoms with Crippen LogP contribution in [0.1, 0.15) is 31.0 Å². The number of piperidine rings is 1. The number of anilines is 1. The summed E-state index contributed by atoms with van der Waals surface area (Å²) in [5.41, 5.74) is 3.20. The van der Waals surface area contributed by atoms with Gasteiger partial charge in [-0.2, -0.15) is 5.10 Å². The molecule has 0 bridgehead atoms. The zero-order chi connectivity index (χ0) is 18.4. The summed E-state index contributed by atoms with van der Waals surface area (Å²) < 4.78 is 3.86. The minimum Gasteiger partial charge on any atom is -0.338 e. The standard InChI is InChI=1S/C19H19ClN6S/c1-24-16(9-10-21-24)17-4-2-3-11-25(17)19-23-26-12-15(22-18(26)27-19)13-5-7-14(20)8-6-13/h5-10,12,17H,2-4,11H2,1H3. The second-order valence-corrected chi connectivity index (χ2v) is 8.20. The summed E-state index contributed by atoms with van der Waals surface area (Å²) in [4.78, 5) is 8.08. The number of nitrogens with zero attached hydrogens (tertiary/aromatic N) is 6. The Morgan fingerprint density at radius 2 is 2.00 bits per heavy atom. The first-order valence-electron chi connectivity index (χ1n) is 9.06. The van der Waals surface area contributed by atoms with Crippen LogP contribution in [0, 0.1) is 0 Å². The zero-order valence-corrected chi connectivity index (χ0v) is 16.5. The number of hydrogen-bond donors (Lipinski definition) is 0. The van der Waals surface area contributed by atoms with Crippen molar-refractivity contribution in [1.82, 2.24) is 24.4 Å². The van der Waals surface area contributed by atoms with Crippen LogP contribution in [-0.2, 0) is 7.05 Å².